The third-order valence-corrected chi connectivity index (χ3v) is 11.3. The van der Waals surface area contributed by atoms with Crippen molar-refractivity contribution in [3.63, 3.8) is 0 Å². The van der Waals surface area contributed by atoms with E-state index < -0.39 is 8.32 Å². The molecule has 1 aliphatic rings. The van der Waals surface area contributed by atoms with Crippen molar-refractivity contribution >= 4 is 19.2 Å². The zero-order valence-corrected chi connectivity index (χ0v) is 19.2. The molecule has 1 heterocycles. The van der Waals surface area contributed by atoms with Crippen molar-refractivity contribution in [3.05, 3.63) is 24.4 Å². The maximum atomic E-state index is 6.82. The predicted molar refractivity (Wildman–Crippen MR) is 118 cm³/mol. The average molecular weight is 387 g/mol. The Hall–Kier alpha value is -1.29. The molecule has 2 aromatic rings. The summed E-state index contributed by atoms with van der Waals surface area (Å²) < 4.78 is 8.75. The van der Waals surface area contributed by atoms with Crippen LogP contribution in [0.3, 0.4) is 0 Å². The summed E-state index contributed by atoms with van der Waals surface area (Å²) >= 11 is 0. The molecular formula is C23H38N2OSi. The van der Waals surface area contributed by atoms with E-state index >= 15 is 0 Å². The van der Waals surface area contributed by atoms with Crippen LogP contribution in [0.25, 0.3) is 10.9 Å². The Kier molecular flexibility index (Phi) is 6.04. The second-order valence-electron chi connectivity index (χ2n) is 9.74. The minimum Gasteiger partial charge on any atom is -0.543 e. The van der Waals surface area contributed by atoms with E-state index in [-0.39, 0.29) is 0 Å². The van der Waals surface area contributed by atoms with Gasteiger partial charge in [0.1, 0.15) is 5.75 Å². The van der Waals surface area contributed by atoms with Gasteiger partial charge in [0.05, 0.1) is 11.7 Å². The maximum absolute atomic E-state index is 6.82. The van der Waals surface area contributed by atoms with E-state index in [9.17, 15) is 0 Å². The monoisotopic (exact) mass is 386 g/mol. The lowest BCUT2D eigenvalue weighted by Gasteiger charge is -2.46. The van der Waals surface area contributed by atoms with Gasteiger partial charge in [-0.2, -0.15) is 5.10 Å². The molecule has 0 bridgehead atoms. The molecule has 0 N–H and O–H groups in total. The second-order valence-corrected chi connectivity index (χ2v) is 14.2. The molecule has 3 atom stereocenters. The highest BCUT2D eigenvalue weighted by molar-refractivity contribution is 6.75. The van der Waals surface area contributed by atoms with Crippen LogP contribution >= 0.6 is 0 Å². The van der Waals surface area contributed by atoms with Gasteiger partial charge < -0.3 is 4.43 Å². The van der Waals surface area contributed by atoms with Crippen molar-refractivity contribution in [2.75, 3.05) is 0 Å². The number of fused-ring (bicyclic) bond motifs is 1. The Bertz CT molecular complexity index is 769. The molecule has 4 heteroatoms. The van der Waals surface area contributed by atoms with Crippen LogP contribution in [0.4, 0.5) is 0 Å². The van der Waals surface area contributed by atoms with Crippen LogP contribution in [0.5, 0.6) is 5.75 Å². The van der Waals surface area contributed by atoms with E-state index in [0.717, 1.165) is 23.1 Å². The Balaban J connectivity index is 1.84. The molecule has 0 spiro atoms. The zero-order valence-electron chi connectivity index (χ0n) is 18.2. The number of hydrogen-bond acceptors (Lipinski definition) is 2. The first-order valence-electron chi connectivity index (χ1n) is 10.8. The fourth-order valence-electron chi connectivity index (χ4n) is 4.90. The molecule has 27 heavy (non-hydrogen) atoms. The lowest BCUT2D eigenvalue weighted by Crippen LogP contribution is -2.48. The summed E-state index contributed by atoms with van der Waals surface area (Å²) in [6.45, 7) is 12.2. The molecule has 1 saturated carbocycles. The molecule has 3 nitrogen and oxygen atoms in total. The fourth-order valence-corrected chi connectivity index (χ4v) is 7.38. The average Bonchev–Trinajstić information content (AvgIpc) is 2.97. The van der Waals surface area contributed by atoms with Crippen molar-refractivity contribution in [2.24, 2.45) is 18.9 Å². The van der Waals surface area contributed by atoms with Gasteiger partial charge in [-0.25, -0.2) is 0 Å². The van der Waals surface area contributed by atoms with E-state index in [1.165, 1.54) is 50.3 Å². The largest absolute Gasteiger partial charge is 0.543 e. The first-order chi connectivity index (χ1) is 12.7. The van der Waals surface area contributed by atoms with E-state index in [1.54, 1.807) is 0 Å². The molecule has 3 rings (SSSR count). The normalized spacial score (nSPS) is 27.3. The molecule has 3 unspecified atom stereocenters. The van der Waals surface area contributed by atoms with Crippen molar-refractivity contribution < 1.29 is 4.43 Å². The Morgan fingerprint density at radius 1 is 1.26 bits per heavy atom. The summed E-state index contributed by atoms with van der Waals surface area (Å²) in [5, 5.41) is 5.86. The molecule has 150 valence electrons. The molecule has 1 aliphatic carbocycles. The lowest BCUT2D eigenvalue weighted by atomic mass is 9.79. The van der Waals surface area contributed by atoms with Crippen LogP contribution < -0.4 is 4.43 Å². The van der Waals surface area contributed by atoms with Crippen molar-refractivity contribution in [2.45, 2.75) is 83.8 Å². The summed E-state index contributed by atoms with van der Waals surface area (Å²) in [6.07, 6.45) is 11.4. The van der Waals surface area contributed by atoms with Gasteiger partial charge in [-0.15, -0.1) is 0 Å². The van der Waals surface area contributed by atoms with E-state index in [2.05, 4.69) is 57.2 Å². The summed E-state index contributed by atoms with van der Waals surface area (Å²) in [5.74, 6) is 2.73. The third-order valence-electron chi connectivity index (χ3n) is 7.24. The van der Waals surface area contributed by atoms with Gasteiger partial charge in [0.15, 0.2) is 0 Å². The van der Waals surface area contributed by atoms with Gasteiger partial charge >= 0.3 is 0 Å². The first kappa shape index (κ1) is 20.4. The Morgan fingerprint density at radius 3 is 2.78 bits per heavy atom. The smallest absolute Gasteiger partial charge is 0.251 e. The van der Waals surface area contributed by atoms with E-state index in [1.807, 2.05) is 17.9 Å². The molecule has 1 aromatic heterocycles. The minimum absolute atomic E-state index is 0.325. The molecule has 0 amide bonds. The third kappa shape index (κ3) is 4.42. The van der Waals surface area contributed by atoms with Crippen LogP contribution in [-0.2, 0) is 7.05 Å². The van der Waals surface area contributed by atoms with Crippen LogP contribution in [0.15, 0.2) is 24.4 Å². The summed E-state index contributed by atoms with van der Waals surface area (Å²) in [5.41, 5.74) is 1.16. The standard InChI is InChI=1S/C23H38N2OSi/c1-7-8-19-10-9-18(2)13-14-23(3,16-19)27(5,6)26-21-11-12-22-20(15-21)17-24-25(22)4/h11-12,15,17-19H,7-10,13-14,16H2,1-6H3. The highest BCUT2D eigenvalue weighted by atomic mass is 28.4. The van der Waals surface area contributed by atoms with Gasteiger partial charge in [-0.05, 0) is 61.0 Å². The molecule has 0 saturated heterocycles. The topological polar surface area (TPSA) is 27.1 Å². The van der Waals surface area contributed by atoms with Crippen LogP contribution in [-0.4, -0.2) is 18.1 Å². The molecule has 1 aromatic carbocycles. The van der Waals surface area contributed by atoms with Crippen LogP contribution in [0.2, 0.25) is 18.1 Å². The van der Waals surface area contributed by atoms with Gasteiger partial charge in [0.2, 0.25) is 0 Å². The van der Waals surface area contributed by atoms with Crippen LogP contribution in [0.1, 0.15) is 65.7 Å². The second kappa shape index (κ2) is 7.98. The molecular weight excluding hydrogens is 348 g/mol. The maximum Gasteiger partial charge on any atom is 0.251 e. The number of hydrogen-bond donors (Lipinski definition) is 0. The highest BCUT2D eigenvalue weighted by Gasteiger charge is 2.47. The lowest BCUT2D eigenvalue weighted by molar-refractivity contribution is 0.252. The van der Waals surface area contributed by atoms with E-state index in [0.29, 0.717) is 5.04 Å². The highest BCUT2D eigenvalue weighted by Crippen LogP contribution is 2.52. The number of benzene rings is 1. The predicted octanol–water partition coefficient (Wildman–Crippen LogP) is 6.93. The Labute approximate surface area is 166 Å². The van der Waals surface area contributed by atoms with Crippen molar-refractivity contribution in [1.29, 1.82) is 0 Å². The first-order valence-corrected chi connectivity index (χ1v) is 13.8. The molecule has 0 radical (unpaired) electrons. The van der Waals surface area contributed by atoms with Gasteiger partial charge in [-0.1, -0.05) is 52.9 Å². The zero-order chi connectivity index (χ0) is 19.7. The minimum atomic E-state index is -1.93. The molecule has 1 fully saturated rings. The van der Waals surface area contributed by atoms with E-state index in [4.69, 9.17) is 4.43 Å². The number of nitrogens with zero attached hydrogens (tertiary/aromatic N) is 2. The van der Waals surface area contributed by atoms with Gasteiger partial charge in [-0.3, -0.25) is 4.68 Å². The van der Waals surface area contributed by atoms with Crippen LogP contribution in [0, 0.1) is 11.8 Å². The Morgan fingerprint density at radius 2 is 2.04 bits per heavy atom. The van der Waals surface area contributed by atoms with Crippen molar-refractivity contribution in [3.8, 4) is 5.75 Å². The summed E-state index contributed by atoms with van der Waals surface area (Å²) in [4.78, 5) is 0. The van der Waals surface area contributed by atoms with Gasteiger partial charge in [0.25, 0.3) is 8.32 Å². The fraction of sp³-hybridized carbons (Fsp3) is 0.696. The quantitative estimate of drug-likeness (QED) is 0.521. The number of aryl methyl sites for hydroxylation is 1. The summed E-state index contributed by atoms with van der Waals surface area (Å²) in [7, 11) is 0.0619. The number of aromatic nitrogens is 2. The summed E-state index contributed by atoms with van der Waals surface area (Å²) in [6, 6.07) is 6.46. The SMILES string of the molecule is CCCC1CCC(C)CCC(C)([Si](C)(C)Oc2ccc3c(cnn3C)c2)C1. The number of rotatable bonds is 5. The molecule has 0 aliphatic heterocycles. The van der Waals surface area contributed by atoms with Gasteiger partial charge in [0, 0.05) is 12.4 Å². The van der Waals surface area contributed by atoms with Crippen molar-refractivity contribution in [1.82, 2.24) is 9.78 Å².